The number of rotatable bonds is 2. The number of nitrogens with one attached hydrogen (secondary N) is 1. The first kappa shape index (κ1) is 8.35. The van der Waals surface area contributed by atoms with Gasteiger partial charge in [-0.3, -0.25) is 4.99 Å². The fourth-order valence-electron chi connectivity index (χ4n) is 1.64. The number of hydrogen-bond acceptors (Lipinski definition) is 3. The molecule has 3 nitrogen and oxygen atoms in total. The minimum atomic E-state index is 0.879. The second-order valence-electron chi connectivity index (χ2n) is 3.12. The number of aliphatic imine (C=N–C) groups is 1. The molecule has 0 bridgehead atoms. The Morgan fingerprint density at radius 1 is 1.38 bits per heavy atom. The summed E-state index contributed by atoms with van der Waals surface area (Å²) in [6, 6.07) is 0. The molecule has 1 aliphatic carbocycles. The van der Waals surface area contributed by atoms with Crippen LogP contribution in [0.4, 0.5) is 0 Å². The molecule has 0 aromatic carbocycles. The van der Waals surface area contributed by atoms with Crippen molar-refractivity contribution < 1.29 is 4.74 Å². The van der Waals surface area contributed by atoms with Crippen molar-refractivity contribution >= 4 is 5.84 Å². The van der Waals surface area contributed by atoms with E-state index in [4.69, 9.17) is 4.74 Å². The van der Waals surface area contributed by atoms with E-state index in [-0.39, 0.29) is 0 Å². The van der Waals surface area contributed by atoms with E-state index in [0.717, 1.165) is 43.1 Å². The smallest absolute Gasteiger partial charge is 0.131 e. The highest BCUT2D eigenvalue weighted by Gasteiger charge is 2.17. The third-order valence-corrected chi connectivity index (χ3v) is 2.26. The maximum Gasteiger partial charge on any atom is 0.131 e. The van der Waals surface area contributed by atoms with Gasteiger partial charge in [0.15, 0.2) is 0 Å². The fourth-order valence-corrected chi connectivity index (χ4v) is 1.64. The van der Waals surface area contributed by atoms with Gasteiger partial charge in [-0.25, -0.2) is 0 Å². The third-order valence-electron chi connectivity index (χ3n) is 2.26. The molecule has 0 saturated carbocycles. The number of hydrogen-bond donors (Lipinski definition) is 1. The number of nitrogens with zero attached hydrogens (tertiary/aromatic N) is 1. The minimum Gasteiger partial charge on any atom is -0.496 e. The minimum absolute atomic E-state index is 0.879. The zero-order chi connectivity index (χ0) is 9.10. The van der Waals surface area contributed by atoms with Crippen molar-refractivity contribution in [1.29, 1.82) is 0 Å². The normalized spacial score (nSPS) is 21.5. The molecule has 13 heavy (non-hydrogen) atoms. The monoisotopic (exact) mass is 178 g/mol. The number of amidine groups is 1. The summed E-state index contributed by atoms with van der Waals surface area (Å²) in [6.07, 6.45) is 6.47. The molecule has 0 amide bonds. The van der Waals surface area contributed by atoms with Gasteiger partial charge in [-0.2, -0.15) is 0 Å². The predicted octanol–water partition coefficient (Wildman–Crippen LogP) is 1.24. The third kappa shape index (κ3) is 1.59. The highest BCUT2D eigenvalue weighted by atomic mass is 16.5. The van der Waals surface area contributed by atoms with Crippen LogP contribution in [0.15, 0.2) is 28.5 Å². The zero-order valence-corrected chi connectivity index (χ0v) is 7.84. The highest BCUT2D eigenvalue weighted by molar-refractivity contribution is 6.02. The molecular weight excluding hydrogens is 164 g/mol. The van der Waals surface area contributed by atoms with Gasteiger partial charge in [0.2, 0.25) is 0 Å². The van der Waals surface area contributed by atoms with Crippen molar-refractivity contribution in [1.82, 2.24) is 5.32 Å². The van der Waals surface area contributed by atoms with Gasteiger partial charge in [-0.1, -0.05) is 6.08 Å². The molecule has 0 radical (unpaired) electrons. The first-order valence-electron chi connectivity index (χ1n) is 4.65. The van der Waals surface area contributed by atoms with Gasteiger partial charge in [0.25, 0.3) is 0 Å². The summed E-state index contributed by atoms with van der Waals surface area (Å²) in [5, 5.41) is 3.25. The topological polar surface area (TPSA) is 33.6 Å². The zero-order valence-electron chi connectivity index (χ0n) is 7.84. The molecule has 0 fully saturated rings. The van der Waals surface area contributed by atoms with Crippen LogP contribution in [-0.4, -0.2) is 26.0 Å². The molecule has 0 unspecified atom stereocenters. The van der Waals surface area contributed by atoms with Crippen LogP contribution < -0.4 is 5.32 Å². The first-order chi connectivity index (χ1) is 6.42. The standard InChI is InChI=1S/C10H14N2O/c1-13-9-5-3-2-4-8(9)10-11-6-7-12-10/h4-5H,2-3,6-7H2,1H3,(H,11,12). The van der Waals surface area contributed by atoms with Gasteiger partial charge in [0.1, 0.15) is 11.6 Å². The Bertz CT molecular complexity index is 285. The van der Waals surface area contributed by atoms with E-state index in [1.165, 1.54) is 0 Å². The molecule has 70 valence electrons. The maximum absolute atomic E-state index is 5.29. The van der Waals surface area contributed by atoms with Crippen LogP contribution >= 0.6 is 0 Å². The van der Waals surface area contributed by atoms with Crippen LogP contribution in [0.3, 0.4) is 0 Å². The van der Waals surface area contributed by atoms with E-state index >= 15 is 0 Å². The van der Waals surface area contributed by atoms with Gasteiger partial charge < -0.3 is 10.1 Å². The highest BCUT2D eigenvalue weighted by Crippen LogP contribution is 2.20. The molecule has 0 spiro atoms. The van der Waals surface area contributed by atoms with Gasteiger partial charge in [0.05, 0.1) is 19.2 Å². The molecule has 2 rings (SSSR count). The Kier molecular flexibility index (Phi) is 2.34. The predicted molar refractivity (Wildman–Crippen MR) is 52.7 cm³/mol. The fraction of sp³-hybridized carbons (Fsp3) is 0.500. The molecule has 1 N–H and O–H groups in total. The van der Waals surface area contributed by atoms with Crippen molar-refractivity contribution in [2.75, 3.05) is 20.2 Å². The second-order valence-corrected chi connectivity index (χ2v) is 3.12. The SMILES string of the molecule is COC1=CCCC=C1C1=NCCN1. The molecule has 2 aliphatic rings. The lowest BCUT2D eigenvalue weighted by Crippen LogP contribution is -2.22. The summed E-state index contributed by atoms with van der Waals surface area (Å²) < 4.78 is 5.29. The molecular formula is C10H14N2O. The van der Waals surface area contributed by atoms with Crippen LogP contribution in [0.5, 0.6) is 0 Å². The Balaban J connectivity index is 2.21. The van der Waals surface area contributed by atoms with E-state index in [9.17, 15) is 0 Å². The lowest BCUT2D eigenvalue weighted by Gasteiger charge is -2.14. The Morgan fingerprint density at radius 3 is 2.92 bits per heavy atom. The second kappa shape index (κ2) is 3.64. The Morgan fingerprint density at radius 2 is 2.23 bits per heavy atom. The van der Waals surface area contributed by atoms with E-state index in [1.54, 1.807) is 7.11 Å². The number of allylic oxidation sites excluding steroid dienone is 2. The van der Waals surface area contributed by atoms with E-state index in [0.29, 0.717) is 0 Å². The van der Waals surface area contributed by atoms with Crippen LogP contribution in [0.1, 0.15) is 12.8 Å². The quantitative estimate of drug-likeness (QED) is 0.690. The van der Waals surface area contributed by atoms with E-state index < -0.39 is 0 Å². The lowest BCUT2D eigenvalue weighted by molar-refractivity contribution is 0.300. The Hall–Kier alpha value is -1.25. The van der Waals surface area contributed by atoms with Gasteiger partial charge >= 0.3 is 0 Å². The molecule has 0 atom stereocenters. The average molecular weight is 178 g/mol. The largest absolute Gasteiger partial charge is 0.496 e. The van der Waals surface area contributed by atoms with Gasteiger partial charge in [0, 0.05) is 6.54 Å². The van der Waals surface area contributed by atoms with Crippen molar-refractivity contribution in [3.05, 3.63) is 23.5 Å². The Labute approximate surface area is 78.2 Å². The maximum atomic E-state index is 5.29. The van der Waals surface area contributed by atoms with Crippen LogP contribution in [0, 0.1) is 0 Å². The lowest BCUT2D eigenvalue weighted by atomic mass is 10.0. The van der Waals surface area contributed by atoms with E-state index in [2.05, 4.69) is 22.5 Å². The van der Waals surface area contributed by atoms with Gasteiger partial charge in [-0.15, -0.1) is 0 Å². The van der Waals surface area contributed by atoms with Crippen molar-refractivity contribution in [2.24, 2.45) is 4.99 Å². The molecule has 0 saturated heterocycles. The average Bonchev–Trinajstić information content (AvgIpc) is 2.70. The first-order valence-corrected chi connectivity index (χ1v) is 4.65. The van der Waals surface area contributed by atoms with E-state index in [1.807, 2.05) is 0 Å². The van der Waals surface area contributed by atoms with Crippen LogP contribution in [0.25, 0.3) is 0 Å². The number of ether oxygens (including phenoxy) is 1. The molecule has 3 heteroatoms. The van der Waals surface area contributed by atoms with Gasteiger partial charge in [-0.05, 0) is 18.9 Å². The van der Waals surface area contributed by atoms with Crippen molar-refractivity contribution in [3.63, 3.8) is 0 Å². The summed E-state index contributed by atoms with van der Waals surface area (Å²) in [6.45, 7) is 1.83. The van der Waals surface area contributed by atoms with Crippen LogP contribution in [0.2, 0.25) is 0 Å². The van der Waals surface area contributed by atoms with Crippen LogP contribution in [-0.2, 0) is 4.74 Å². The molecule has 1 aliphatic heterocycles. The summed E-state index contributed by atoms with van der Waals surface area (Å²) in [5.41, 5.74) is 1.13. The summed E-state index contributed by atoms with van der Waals surface area (Å²) >= 11 is 0. The molecule has 0 aromatic rings. The van der Waals surface area contributed by atoms with Crippen molar-refractivity contribution in [3.8, 4) is 0 Å². The molecule has 1 heterocycles. The summed E-state index contributed by atoms with van der Waals surface area (Å²) in [4.78, 5) is 4.37. The number of methoxy groups -OCH3 is 1. The summed E-state index contributed by atoms with van der Waals surface area (Å²) in [7, 11) is 1.71. The molecule has 0 aromatic heterocycles. The van der Waals surface area contributed by atoms with Crippen molar-refractivity contribution in [2.45, 2.75) is 12.8 Å². The summed E-state index contributed by atoms with van der Waals surface area (Å²) in [5.74, 6) is 1.95.